The van der Waals surface area contributed by atoms with Gasteiger partial charge in [-0.05, 0) is 40.7 Å². The standard InChI is InChI=1S/C14H24IN3OS/c1-5-6-16-14-13(15)11(7-19-4)17-12(18-14)9-20-8-10(2)3/h10H,5-9H2,1-4H3,(H,16,17,18). The first-order chi connectivity index (χ1) is 9.58. The van der Waals surface area contributed by atoms with Gasteiger partial charge < -0.3 is 10.1 Å². The summed E-state index contributed by atoms with van der Waals surface area (Å²) < 4.78 is 6.30. The summed E-state index contributed by atoms with van der Waals surface area (Å²) in [7, 11) is 1.70. The molecule has 1 rings (SSSR count). The number of thioether (sulfide) groups is 1. The fourth-order valence-electron chi connectivity index (χ4n) is 1.59. The van der Waals surface area contributed by atoms with Crippen LogP contribution in [0, 0.1) is 9.49 Å². The Labute approximate surface area is 140 Å². The molecule has 0 saturated heterocycles. The van der Waals surface area contributed by atoms with Gasteiger partial charge in [0.25, 0.3) is 0 Å². The zero-order valence-corrected chi connectivity index (χ0v) is 15.7. The van der Waals surface area contributed by atoms with Crippen LogP contribution in [0.5, 0.6) is 0 Å². The van der Waals surface area contributed by atoms with Crippen LogP contribution in [0.25, 0.3) is 0 Å². The highest BCUT2D eigenvalue weighted by Crippen LogP contribution is 2.22. The Bertz CT molecular complexity index is 416. The van der Waals surface area contributed by atoms with Crippen molar-refractivity contribution in [1.82, 2.24) is 9.97 Å². The zero-order chi connectivity index (χ0) is 15.0. The van der Waals surface area contributed by atoms with E-state index in [0.29, 0.717) is 12.5 Å². The Morgan fingerprint density at radius 1 is 1.35 bits per heavy atom. The number of nitrogens with zero attached hydrogens (tertiary/aromatic N) is 2. The fraction of sp³-hybridized carbons (Fsp3) is 0.714. The van der Waals surface area contributed by atoms with E-state index in [1.54, 1.807) is 7.11 Å². The third-order valence-corrected chi connectivity index (χ3v) is 4.97. The van der Waals surface area contributed by atoms with Crippen molar-refractivity contribution in [2.24, 2.45) is 5.92 Å². The molecule has 1 aromatic rings. The van der Waals surface area contributed by atoms with Gasteiger partial charge in [-0.25, -0.2) is 9.97 Å². The normalized spacial score (nSPS) is 11.1. The lowest BCUT2D eigenvalue weighted by Crippen LogP contribution is -2.11. The highest BCUT2D eigenvalue weighted by atomic mass is 127. The number of anilines is 1. The molecule has 0 spiro atoms. The van der Waals surface area contributed by atoms with E-state index in [0.717, 1.165) is 45.4 Å². The Morgan fingerprint density at radius 3 is 2.70 bits per heavy atom. The number of methoxy groups -OCH3 is 1. The number of aromatic nitrogens is 2. The maximum Gasteiger partial charge on any atom is 0.143 e. The molecule has 0 aliphatic carbocycles. The molecule has 0 aliphatic heterocycles. The predicted octanol–water partition coefficient (Wildman–Crippen LogP) is 3.94. The number of nitrogens with one attached hydrogen (secondary N) is 1. The monoisotopic (exact) mass is 409 g/mol. The summed E-state index contributed by atoms with van der Waals surface area (Å²) in [6.45, 7) is 8.07. The first-order valence-corrected chi connectivity index (χ1v) is 9.17. The first-order valence-electron chi connectivity index (χ1n) is 6.94. The minimum Gasteiger partial charge on any atom is -0.378 e. The second-order valence-electron chi connectivity index (χ2n) is 5.02. The van der Waals surface area contributed by atoms with Gasteiger partial charge >= 0.3 is 0 Å². The summed E-state index contributed by atoms with van der Waals surface area (Å²) in [6, 6.07) is 0. The van der Waals surface area contributed by atoms with Crippen LogP contribution in [0.4, 0.5) is 5.82 Å². The van der Waals surface area contributed by atoms with E-state index in [9.17, 15) is 0 Å². The summed E-state index contributed by atoms with van der Waals surface area (Å²) in [5.74, 6) is 4.51. The smallest absolute Gasteiger partial charge is 0.143 e. The lowest BCUT2D eigenvalue weighted by atomic mass is 10.3. The van der Waals surface area contributed by atoms with E-state index < -0.39 is 0 Å². The molecule has 114 valence electrons. The number of ether oxygens (including phenoxy) is 1. The third-order valence-electron chi connectivity index (χ3n) is 2.47. The average molecular weight is 409 g/mol. The molecule has 0 aliphatic rings. The van der Waals surface area contributed by atoms with Crippen molar-refractivity contribution >= 4 is 40.2 Å². The highest BCUT2D eigenvalue weighted by Gasteiger charge is 2.12. The van der Waals surface area contributed by atoms with Gasteiger partial charge in [0, 0.05) is 13.7 Å². The summed E-state index contributed by atoms with van der Waals surface area (Å²) in [5.41, 5.74) is 0.974. The van der Waals surface area contributed by atoms with Gasteiger partial charge in [0.2, 0.25) is 0 Å². The van der Waals surface area contributed by atoms with Crippen molar-refractivity contribution in [2.45, 2.75) is 39.6 Å². The molecule has 1 aromatic heterocycles. The maximum absolute atomic E-state index is 5.24. The van der Waals surface area contributed by atoms with Gasteiger partial charge in [-0.1, -0.05) is 20.8 Å². The van der Waals surface area contributed by atoms with Crippen LogP contribution in [0.1, 0.15) is 38.7 Å². The Morgan fingerprint density at radius 2 is 2.10 bits per heavy atom. The van der Waals surface area contributed by atoms with Crippen LogP contribution < -0.4 is 5.32 Å². The first kappa shape index (κ1) is 18.0. The SMILES string of the molecule is CCCNc1nc(CSCC(C)C)nc(COC)c1I. The second-order valence-corrected chi connectivity index (χ2v) is 7.13. The van der Waals surface area contributed by atoms with Crippen molar-refractivity contribution in [3.8, 4) is 0 Å². The van der Waals surface area contributed by atoms with Crippen LogP contribution in [0.15, 0.2) is 0 Å². The predicted molar refractivity (Wildman–Crippen MR) is 95.2 cm³/mol. The van der Waals surface area contributed by atoms with Crippen molar-refractivity contribution in [3.05, 3.63) is 15.1 Å². The van der Waals surface area contributed by atoms with Gasteiger partial charge in [-0.15, -0.1) is 0 Å². The number of hydrogen-bond donors (Lipinski definition) is 1. The third kappa shape index (κ3) is 6.13. The summed E-state index contributed by atoms with van der Waals surface area (Å²) in [4.78, 5) is 9.27. The van der Waals surface area contributed by atoms with Crippen molar-refractivity contribution in [1.29, 1.82) is 0 Å². The van der Waals surface area contributed by atoms with E-state index in [4.69, 9.17) is 4.74 Å². The molecule has 4 nitrogen and oxygen atoms in total. The van der Waals surface area contributed by atoms with Gasteiger partial charge in [0.05, 0.1) is 21.6 Å². The van der Waals surface area contributed by atoms with Gasteiger partial charge in [-0.3, -0.25) is 0 Å². The summed E-state index contributed by atoms with van der Waals surface area (Å²) in [5, 5.41) is 3.38. The minimum absolute atomic E-state index is 0.531. The maximum atomic E-state index is 5.24. The molecule has 0 aromatic carbocycles. The Balaban J connectivity index is 2.84. The second kappa shape index (κ2) is 9.78. The van der Waals surface area contributed by atoms with Crippen molar-refractivity contribution in [3.63, 3.8) is 0 Å². The molecule has 20 heavy (non-hydrogen) atoms. The molecule has 0 bridgehead atoms. The Kier molecular flexibility index (Phi) is 8.79. The number of rotatable bonds is 9. The van der Waals surface area contributed by atoms with Crippen LogP contribution >= 0.6 is 34.4 Å². The number of halogens is 1. The van der Waals surface area contributed by atoms with E-state index in [2.05, 4.69) is 58.6 Å². The quantitative estimate of drug-likeness (QED) is 0.626. The van der Waals surface area contributed by atoms with Crippen LogP contribution in [0.2, 0.25) is 0 Å². The number of hydrogen-bond acceptors (Lipinski definition) is 5. The largest absolute Gasteiger partial charge is 0.378 e. The Hall–Kier alpha value is -0.0800. The molecule has 0 radical (unpaired) electrons. The molecule has 0 atom stereocenters. The lowest BCUT2D eigenvalue weighted by Gasteiger charge is -2.12. The lowest BCUT2D eigenvalue weighted by molar-refractivity contribution is 0.180. The molecule has 1 N–H and O–H groups in total. The minimum atomic E-state index is 0.531. The van der Waals surface area contributed by atoms with E-state index >= 15 is 0 Å². The van der Waals surface area contributed by atoms with E-state index in [1.807, 2.05) is 11.8 Å². The zero-order valence-electron chi connectivity index (χ0n) is 12.7. The van der Waals surface area contributed by atoms with Gasteiger partial charge in [0.1, 0.15) is 11.6 Å². The fourth-order valence-corrected chi connectivity index (χ4v) is 3.08. The van der Waals surface area contributed by atoms with E-state index in [1.165, 1.54) is 0 Å². The molecule has 0 saturated carbocycles. The van der Waals surface area contributed by atoms with Crippen LogP contribution in [-0.4, -0.2) is 29.4 Å². The molecule has 0 amide bonds. The molecular weight excluding hydrogens is 385 g/mol. The van der Waals surface area contributed by atoms with Gasteiger partial charge in [0.15, 0.2) is 0 Å². The van der Waals surface area contributed by atoms with Crippen LogP contribution in [0.3, 0.4) is 0 Å². The summed E-state index contributed by atoms with van der Waals surface area (Å²) in [6.07, 6.45) is 1.08. The molecule has 0 fully saturated rings. The molecule has 1 heterocycles. The van der Waals surface area contributed by atoms with E-state index in [-0.39, 0.29) is 0 Å². The molecule has 0 unspecified atom stereocenters. The molecular formula is C14H24IN3OS. The van der Waals surface area contributed by atoms with Crippen LogP contribution in [-0.2, 0) is 17.1 Å². The van der Waals surface area contributed by atoms with Crippen molar-refractivity contribution < 1.29 is 4.74 Å². The average Bonchev–Trinajstić information content (AvgIpc) is 2.40. The van der Waals surface area contributed by atoms with Gasteiger partial charge in [-0.2, -0.15) is 11.8 Å². The topological polar surface area (TPSA) is 47.0 Å². The van der Waals surface area contributed by atoms with Crippen molar-refractivity contribution in [2.75, 3.05) is 24.7 Å². The molecule has 6 heteroatoms. The highest BCUT2D eigenvalue weighted by molar-refractivity contribution is 14.1. The summed E-state index contributed by atoms with van der Waals surface area (Å²) >= 11 is 4.18.